The lowest BCUT2D eigenvalue weighted by Gasteiger charge is -2.53. The first-order chi connectivity index (χ1) is 20.9. The fraction of sp³-hybridized carbons (Fsp3) is 1.00. The molecule has 0 aliphatic carbocycles. The molecule has 1 N–H and O–H groups in total. The Morgan fingerprint density at radius 2 is 1.20 bits per heavy atom. The van der Waals surface area contributed by atoms with E-state index >= 15 is 0 Å². The van der Waals surface area contributed by atoms with Crippen molar-refractivity contribution in [1.29, 1.82) is 0 Å². The van der Waals surface area contributed by atoms with Gasteiger partial charge < -0.3 is 19.6 Å². The summed E-state index contributed by atoms with van der Waals surface area (Å²) in [5.74, 6) is 0. The maximum Gasteiger partial charge on any atom is 0.124 e. The Hall–Kier alpha value is -0.320. The Balaban J connectivity index is 1.47. The van der Waals surface area contributed by atoms with Crippen LogP contribution in [-0.2, 0) is 4.74 Å². The molecule has 3 atom stereocenters. The Kier molecular flexibility index (Phi) is 12.9. The summed E-state index contributed by atoms with van der Waals surface area (Å²) in [6.45, 7) is 39.0. The highest BCUT2D eigenvalue weighted by atomic mass is 16.5. The van der Waals surface area contributed by atoms with E-state index in [1.54, 1.807) is 0 Å². The van der Waals surface area contributed by atoms with E-state index in [9.17, 15) is 5.11 Å². The predicted molar refractivity (Wildman–Crippen MR) is 189 cm³/mol. The number of hydrogen-bond acceptors (Lipinski definition) is 8. The van der Waals surface area contributed by atoms with Gasteiger partial charge in [-0.15, -0.1) is 0 Å². The van der Waals surface area contributed by atoms with Gasteiger partial charge in [0.1, 0.15) is 6.23 Å². The van der Waals surface area contributed by atoms with Crippen molar-refractivity contribution in [3.8, 4) is 0 Å². The Bertz CT molecular complexity index is 879. The number of aliphatic hydroxyl groups is 1. The SMILES string of the molecule is CC(C)N1CC(CO)N(C2CCN(CC(C)(C)C)CC2)C(OC[C@H]2CN(C(C)(C)C)CCN2C2CCN(CC(C)(C)C)CC2)C1. The molecule has 0 aromatic heterocycles. The van der Waals surface area contributed by atoms with Gasteiger partial charge in [0.15, 0.2) is 0 Å². The molecule has 264 valence electrons. The monoisotopic (exact) mass is 635 g/mol. The number of nitrogens with zero attached hydrogens (tertiary/aromatic N) is 6. The summed E-state index contributed by atoms with van der Waals surface area (Å²) >= 11 is 0. The fourth-order valence-electron chi connectivity index (χ4n) is 8.67. The summed E-state index contributed by atoms with van der Waals surface area (Å²) in [4.78, 5) is 16.0. The number of aliphatic hydroxyl groups excluding tert-OH is 1. The molecular formula is C37H74N6O2. The van der Waals surface area contributed by atoms with Gasteiger partial charge in [0, 0.05) is 81.6 Å². The van der Waals surface area contributed by atoms with E-state index in [1.807, 2.05) is 0 Å². The zero-order valence-corrected chi connectivity index (χ0v) is 31.5. The highest BCUT2D eigenvalue weighted by molar-refractivity contribution is 4.96. The molecule has 0 bridgehead atoms. The number of hydrogen-bond donors (Lipinski definition) is 1. The van der Waals surface area contributed by atoms with E-state index in [4.69, 9.17) is 4.74 Å². The van der Waals surface area contributed by atoms with Crippen LogP contribution in [0.1, 0.15) is 102 Å². The average Bonchev–Trinajstić information content (AvgIpc) is 2.94. The van der Waals surface area contributed by atoms with Crippen LogP contribution >= 0.6 is 0 Å². The first-order valence-corrected chi connectivity index (χ1v) is 18.6. The molecule has 4 fully saturated rings. The van der Waals surface area contributed by atoms with Gasteiger partial charge in [-0.3, -0.25) is 19.6 Å². The second-order valence-electron chi connectivity index (χ2n) is 18.8. The van der Waals surface area contributed by atoms with Gasteiger partial charge in [0.2, 0.25) is 0 Å². The first-order valence-electron chi connectivity index (χ1n) is 18.6. The minimum absolute atomic E-state index is 0.0259. The number of rotatable bonds is 9. The van der Waals surface area contributed by atoms with Crippen LogP contribution < -0.4 is 0 Å². The van der Waals surface area contributed by atoms with E-state index in [0.29, 0.717) is 35.0 Å². The van der Waals surface area contributed by atoms with Crippen molar-refractivity contribution in [2.75, 3.05) is 85.2 Å². The molecule has 0 aromatic rings. The van der Waals surface area contributed by atoms with Crippen molar-refractivity contribution in [3.05, 3.63) is 0 Å². The van der Waals surface area contributed by atoms with Gasteiger partial charge in [0.25, 0.3) is 0 Å². The summed E-state index contributed by atoms with van der Waals surface area (Å²) in [5, 5.41) is 10.7. The lowest BCUT2D eigenvalue weighted by atomic mass is 9.93. The van der Waals surface area contributed by atoms with Crippen LogP contribution in [0.4, 0.5) is 0 Å². The van der Waals surface area contributed by atoms with Gasteiger partial charge in [-0.1, -0.05) is 41.5 Å². The van der Waals surface area contributed by atoms with Crippen molar-refractivity contribution in [1.82, 2.24) is 29.4 Å². The predicted octanol–water partition coefficient (Wildman–Crippen LogP) is 4.52. The molecule has 4 saturated heterocycles. The molecule has 8 heteroatoms. The minimum Gasteiger partial charge on any atom is -0.395 e. The van der Waals surface area contributed by atoms with Crippen LogP contribution in [0.5, 0.6) is 0 Å². The summed E-state index contributed by atoms with van der Waals surface area (Å²) < 4.78 is 7.16. The highest BCUT2D eigenvalue weighted by Crippen LogP contribution is 2.31. The van der Waals surface area contributed by atoms with Crippen LogP contribution in [0.15, 0.2) is 0 Å². The van der Waals surface area contributed by atoms with E-state index < -0.39 is 0 Å². The Morgan fingerprint density at radius 1 is 0.667 bits per heavy atom. The van der Waals surface area contributed by atoms with E-state index in [1.165, 1.54) is 32.5 Å². The first kappa shape index (κ1) is 37.5. The molecule has 4 rings (SSSR count). The Morgan fingerprint density at radius 3 is 1.67 bits per heavy atom. The standard InChI is InChI=1S/C37H74N6O2/c1-29(2)40-22-32(25-44)43(31-14-18-39(19-15-31)28-36(6,7)8)34(24-40)45-26-33-23-41(37(9,10)11)20-21-42(33)30-12-16-38(17-13-30)27-35(3,4)5/h29-34,44H,12-28H2,1-11H3/t32?,33-,34?/m1/s1. The number of piperazine rings is 2. The fourth-order valence-corrected chi connectivity index (χ4v) is 8.67. The van der Waals surface area contributed by atoms with Gasteiger partial charge in [-0.05, 0) is 97.3 Å². The number of ether oxygens (including phenoxy) is 1. The maximum atomic E-state index is 10.7. The van der Waals surface area contributed by atoms with Gasteiger partial charge in [0.05, 0.1) is 13.2 Å². The van der Waals surface area contributed by atoms with Gasteiger partial charge >= 0.3 is 0 Å². The highest BCUT2D eigenvalue weighted by Gasteiger charge is 2.43. The third kappa shape index (κ3) is 10.8. The van der Waals surface area contributed by atoms with Crippen LogP contribution in [-0.4, -0.2) is 162 Å². The van der Waals surface area contributed by atoms with Crippen LogP contribution in [0, 0.1) is 10.8 Å². The number of likely N-dealkylation sites (tertiary alicyclic amines) is 2. The lowest BCUT2D eigenvalue weighted by Crippen LogP contribution is -2.67. The maximum absolute atomic E-state index is 10.7. The summed E-state index contributed by atoms with van der Waals surface area (Å²) in [5.41, 5.74) is 0.840. The summed E-state index contributed by atoms with van der Waals surface area (Å²) in [6.07, 6.45) is 4.87. The molecule has 45 heavy (non-hydrogen) atoms. The van der Waals surface area contributed by atoms with Crippen molar-refractivity contribution >= 4 is 0 Å². The smallest absolute Gasteiger partial charge is 0.124 e. The summed E-state index contributed by atoms with van der Waals surface area (Å²) in [7, 11) is 0. The van der Waals surface area contributed by atoms with E-state index in [0.717, 1.165) is 71.8 Å². The van der Waals surface area contributed by atoms with E-state index in [-0.39, 0.29) is 24.4 Å². The quantitative estimate of drug-likeness (QED) is 0.398. The molecule has 4 aliphatic heterocycles. The lowest BCUT2D eigenvalue weighted by molar-refractivity contribution is -0.173. The van der Waals surface area contributed by atoms with Crippen molar-refractivity contribution in [3.63, 3.8) is 0 Å². The zero-order valence-electron chi connectivity index (χ0n) is 31.5. The normalized spacial score (nSPS) is 29.7. The molecule has 0 aromatic carbocycles. The molecule has 0 amide bonds. The second-order valence-corrected chi connectivity index (χ2v) is 18.8. The van der Waals surface area contributed by atoms with Crippen molar-refractivity contribution in [2.24, 2.45) is 10.8 Å². The molecule has 2 unspecified atom stereocenters. The van der Waals surface area contributed by atoms with Gasteiger partial charge in [-0.2, -0.15) is 0 Å². The van der Waals surface area contributed by atoms with Crippen LogP contribution in [0.2, 0.25) is 0 Å². The third-order valence-corrected chi connectivity index (χ3v) is 10.9. The molecule has 4 aliphatic rings. The van der Waals surface area contributed by atoms with Gasteiger partial charge in [-0.25, -0.2) is 0 Å². The molecule has 0 saturated carbocycles. The van der Waals surface area contributed by atoms with Crippen molar-refractivity contribution in [2.45, 2.75) is 144 Å². The number of piperidine rings is 2. The Labute approximate surface area is 278 Å². The summed E-state index contributed by atoms with van der Waals surface area (Å²) in [6, 6.07) is 2.09. The average molecular weight is 635 g/mol. The molecule has 8 nitrogen and oxygen atoms in total. The third-order valence-electron chi connectivity index (χ3n) is 10.9. The molecule has 0 radical (unpaired) electrons. The topological polar surface area (TPSA) is 48.9 Å². The minimum atomic E-state index is 0.0259. The second kappa shape index (κ2) is 15.5. The molecular weight excluding hydrogens is 560 g/mol. The molecule has 4 heterocycles. The molecule has 0 spiro atoms. The van der Waals surface area contributed by atoms with Crippen molar-refractivity contribution < 1.29 is 9.84 Å². The largest absolute Gasteiger partial charge is 0.395 e. The van der Waals surface area contributed by atoms with Crippen LogP contribution in [0.25, 0.3) is 0 Å². The zero-order chi connectivity index (χ0) is 33.2. The van der Waals surface area contributed by atoms with E-state index in [2.05, 4.69) is 106 Å². The van der Waals surface area contributed by atoms with Crippen LogP contribution in [0.3, 0.4) is 0 Å².